The predicted molar refractivity (Wildman–Crippen MR) is 125 cm³/mol. The lowest BCUT2D eigenvalue weighted by Crippen LogP contribution is -2.17. The minimum Gasteiger partial charge on any atom is -0.491 e. The van der Waals surface area contributed by atoms with Gasteiger partial charge < -0.3 is 23.9 Å². The van der Waals surface area contributed by atoms with Crippen molar-refractivity contribution in [3.8, 4) is 17.0 Å². The predicted octanol–water partition coefficient (Wildman–Crippen LogP) is 5.01. The molecule has 32 heavy (non-hydrogen) atoms. The maximum absolute atomic E-state index is 10.5. The Balaban J connectivity index is 1.45. The molecule has 172 valence electrons. The van der Waals surface area contributed by atoms with Crippen LogP contribution < -0.4 is 10.1 Å². The molecule has 3 aromatic rings. The number of benzene rings is 1. The molecule has 0 spiro atoms. The summed E-state index contributed by atoms with van der Waals surface area (Å²) in [5.41, 5.74) is 3.91. The summed E-state index contributed by atoms with van der Waals surface area (Å²) in [5, 5.41) is 3.27. The topological polar surface area (TPSA) is 93.8 Å². The monoisotopic (exact) mass is 458 g/mol. The van der Waals surface area contributed by atoms with Crippen LogP contribution in [0.3, 0.4) is 0 Å². The summed E-state index contributed by atoms with van der Waals surface area (Å²) in [5.74, 6) is 0.750. The summed E-state index contributed by atoms with van der Waals surface area (Å²) in [6.07, 6.45) is 8.28. The Labute approximate surface area is 189 Å². The van der Waals surface area contributed by atoms with Gasteiger partial charge in [0.2, 0.25) is 0 Å². The zero-order valence-corrected chi connectivity index (χ0v) is 19.2. The zero-order chi connectivity index (χ0) is 22.4. The maximum atomic E-state index is 10.5. The maximum Gasteiger partial charge on any atom is 0.316 e. The lowest BCUT2D eigenvalue weighted by atomic mass is 10.1. The van der Waals surface area contributed by atoms with Crippen LogP contribution in [-0.2, 0) is 22.1 Å². The van der Waals surface area contributed by atoms with Gasteiger partial charge in [-0.3, -0.25) is 4.57 Å². The molecule has 0 aliphatic heterocycles. The van der Waals surface area contributed by atoms with Gasteiger partial charge in [0.1, 0.15) is 11.4 Å². The highest BCUT2D eigenvalue weighted by Crippen LogP contribution is 2.29. The molecule has 7 nitrogen and oxygen atoms in total. The Bertz CT molecular complexity index is 935. The number of ether oxygens (including phenoxy) is 1. The van der Waals surface area contributed by atoms with Crippen molar-refractivity contribution in [1.82, 2.24) is 10.3 Å². The molecule has 3 rings (SSSR count). The van der Waals surface area contributed by atoms with Gasteiger partial charge in [-0.15, -0.1) is 0 Å². The molecule has 2 heterocycles. The van der Waals surface area contributed by atoms with Gasteiger partial charge in [0.15, 0.2) is 0 Å². The van der Waals surface area contributed by atoms with Crippen molar-refractivity contribution >= 4 is 8.25 Å². The second-order valence-corrected chi connectivity index (χ2v) is 8.27. The van der Waals surface area contributed by atoms with Gasteiger partial charge in [0.25, 0.3) is 0 Å². The fraction of sp³-hybridized carbons (Fsp3) is 0.375. The molecular formula is C24H31N2O5P. The van der Waals surface area contributed by atoms with Crippen molar-refractivity contribution in [2.75, 3.05) is 19.8 Å². The second kappa shape index (κ2) is 13.9. The lowest BCUT2D eigenvalue weighted by molar-refractivity contribution is 0.276. The number of aryl methyl sites for hydroxylation is 1. The van der Waals surface area contributed by atoms with Crippen LogP contribution in [0.1, 0.15) is 36.9 Å². The van der Waals surface area contributed by atoms with Crippen molar-refractivity contribution in [2.24, 2.45) is 0 Å². The largest absolute Gasteiger partial charge is 0.491 e. The summed E-state index contributed by atoms with van der Waals surface area (Å²) in [4.78, 5) is 13.4. The number of pyridine rings is 1. The zero-order valence-electron chi connectivity index (χ0n) is 18.2. The fourth-order valence-corrected chi connectivity index (χ4v) is 3.63. The smallest absolute Gasteiger partial charge is 0.316 e. The molecule has 0 saturated carbocycles. The molecule has 8 heteroatoms. The molecule has 1 unspecified atom stereocenters. The molecule has 1 aromatic carbocycles. The second-order valence-electron chi connectivity index (χ2n) is 7.45. The molecule has 0 fully saturated rings. The Morgan fingerprint density at radius 2 is 1.88 bits per heavy atom. The van der Waals surface area contributed by atoms with Gasteiger partial charge in [-0.25, -0.2) is 4.98 Å². The van der Waals surface area contributed by atoms with E-state index in [1.807, 2.05) is 24.3 Å². The van der Waals surface area contributed by atoms with Crippen molar-refractivity contribution < 1.29 is 23.1 Å². The average Bonchev–Trinajstić information content (AvgIpc) is 3.34. The van der Waals surface area contributed by atoms with Gasteiger partial charge in [0.05, 0.1) is 31.4 Å². The third-order valence-electron chi connectivity index (χ3n) is 4.95. The van der Waals surface area contributed by atoms with Gasteiger partial charge in [-0.05, 0) is 62.4 Å². The third-order valence-corrected chi connectivity index (χ3v) is 5.40. The van der Waals surface area contributed by atoms with E-state index in [2.05, 4.69) is 34.1 Å². The average molecular weight is 458 g/mol. The van der Waals surface area contributed by atoms with E-state index in [-0.39, 0.29) is 6.61 Å². The summed E-state index contributed by atoms with van der Waals surface area (Å²) in [6, 6.07) is 16.3. The normalized spacial score (nSPS) is 12.0. The van der Waals surface area contributed by atoms with Gasteiger partial charge in [-0.2, -0.15) is 0 Å². The van der Waals surface area contributed by atoms with E-state index in [1.54, 1.807) is 12.5 Å². The molecule has 1 atom stereocenters. The van der Waals surface area contributed by atoms with E-state index in [0.29, 0.717) is 26.1 Å². The molecule has 0 aliphatic carbocycles. The molecule has 2 N–H and O–H groups in total. The quantitative estimate of drug-likeness (QED) is 0.244. The first-order valence-electron chi connectivity index (χ1n) is 11.0. The number of hydrogen-bond acceptors (Lipinski definition) is 6. The molecular weight excluding hydrogens is 427 g/mol. The Kier molecular flexibility index (Phi) is 10.5. The highest BCUT2D eigenvalue weighted by Gasteiger charge is 2.11. The molecule has 0 saturated heterocycles. The summed E-state index contributed by atoms with van der Waals surface area (Å²) in [6.45, 7) is 2.15. The fourth-order valence-electron chi connectivity index (χ4n) is 3.32. The van der Waals surface area contributed by atoms with Crippen molar-refractivity contribution in [3.05, 3.63) is 72.3 Å². The van der Waals surface area contributed by atoms with E-state index in [1.165, 1.54) is 5.56 Å². The van der Waals surface area contributed by atoms with Gasteiger partial charge in [-0.1, -0.05) is 30.3 Å². The number of rotatable bonds is 15. The van der Waals surface area contributed by atoms with E-state index < -0.39 is 8.25 Å². The van der Waals surface area contributed by atoms with Crippen LogP contribution in [0.2, 0.25) is 0 Å². The summed E-state index contributed by atoms with van der Waals surface area (Å²) < 4.78 is 26.5. The molecule has 0 radical (unpaired) electrons. The van der Waals surface area contributed by atoms with E-state index in [0.717, 1.165) is 48.4 Å². The summed E-state index contributed by atoms with van der Waals surface area (Å²) in [7, 11) is -2.85. The molecule has 0 amide bonds. The van der Waals surface area contributed by atoms with Crippen LogP contribution in [0.5, 0.6) is 5.75 Å². The number of unbranched alkanes of at least 4 members (excludes halogenated alkanes) is 2. The first kappa shape index (κ1) is 24.2. The van der Waals surface area contributed by atoms with Crippen molar-refractivity contribution in [2.45, 2.75) is 38.6 Å². The lowest BCUT2D eigenvalue weighted by Gasteiger charge is -2.12. The van der Waals surface area contributed by atoms with E-state index in [9.17, 15) is 4.57 Å². The standard InChI is InChI=1S/C24H31N2O5P/c27-32(28)31-16-7-14-25-18-22-11-12-23(24(26-22)21-13-17-29-19-21)30-15-6-2-5-10-20-8-3-1-4-9-20/h1,3-4,8-9,11-13,17,19,25,32H,2,5-7,10,14-16,18H2,(H,27,28). The van der Waals surface area contributed by atoms with Crippen molar-refractivity contribution in [3.63, 3.8) is 0 Å². The molecule has 2 aromatic heterocycles. The van der Waals surface area contributed by atoms with Crippen LogP contribution in [0, 0.1) is 0 Å². The SMILES string of the molecule is O=[PH](O)OCCCNCc1ccc(OCCCCCc2ccccc2)c(-c2ccoc2)n1. The number of nitrogens with zero attached hydrogens (tertiary/aromatic N) is 1. The van der Waals surface area contributed by atoms with Gasteiger partial charge in [0, 0.05) is 12.1 Å². The Morgan fingerprint density at radius 3 is 2.66 bits per heavy atom. The molecule has 0 aliphatic rings. The first-order chi connectivity index (χ1) is 15.7. The highest BCUT2D eigenvalue weighted by molar-refractivity contribution is 7.32. The minimum atomic E-state index is -2.85. The van der Waals surface area contributed by atoms with Crippen LogP contribution >= 0.6 is 8.25 Å². The van der Waals surface area contributed by atoms with Crippen molar-refractivity contribution in [1.29, 1.82) is 0 Å². The Hall–Kier alpha value is -2.44. The number of hydrogen-bond donors (Lipinski definition) is 2. The third kappa shape index (κ3) is 8.60. The van der Waals surface area contributed by atoms with Crippen LogP contribution in [0.15, 0.2) is 65.5 Å². The minimum absolute atomic E-state index is 0.257. The highest BCUT2D eigenvalue weighted by atomic mass is 31.1. The first-order valence-corrected chi connectivity index (χ1v) is 12.2. The number of furan rings is 1. The molecule has 0 bridgehead atoms. The van der Waals surface area contributed by atoms with E-state index in [4.69, 9.17) is 19.0 Å². The van der Waals surface area contributed by atoms with Crippen LogP contribution in [-0.4, -0.2) is 29.6 Å². The summed E-state index contributed by atoms with van der Waals surface area (Å²) >= 11 is 0. The number of nitrogens with one attached hydrogen (secondary N) is 1. The number of aromatic nitrogens is 1. The van der Waals surface area contributed by atoms with Crippen LogP contribution in [0.25, 0.3) is 11.3 Å². The van der Waals surface area contributed by atoms with E-state index >= 15 is 0 Å². The van der Waals surface area contributed by atoms with Crippen LogP contribution in [0.4, 0.5) is 0 Å². The van der Waals surface area contributed by atoms with Gasteiger partial charge >= 0.3 is 8.25 Å². The Morgan fingerprint density at radius 1 is 1.00 bits per heavy atom.